The van der Waals surface area contributed by atoms with Gasteiger partial charge in [0.1, 0.15) is 5.60 Å². The van der Waals surface area contributed by atoms with Crippen LogP contribution in [0.3, 0.4) is 0 Å². The molecule has 1 aliphatic carbocycles. The van der Waals surface area contributed by atoms with Gasteiger partial charge in [-0.1, -0.05) is 13.8 Å². The van der Waals surface area contributed by atoms with Gasteiger partial charge in [-0.05, 0) is 52.4 Å². The highest BCUT2D eigenvalue weighted by molar-refractivity contribution is 5.68. The van der Waals surface area contributed by atoms with E-state index in [2.05, 4.69) is 26.1 Å². The van der Waals surface area contributed by atoms with E-state index in [0.29, 0.717) is 18.0 Å². The third kappa shape index (κ3) is 5.70. The third-order valence-corrected chi connectivity index (χ3v) is 4.06. The van der Waals surface area contributed by atoms with Gasteiger partial charge < -0.3 is 15.0 Å². The minimum atomic E-state index is -0.425. The summed E-state index contributed by atoms with van der Waals surface area (Å²) in [5.74, 6) is 0. The maximum atomic E-state index is 12.1. The van der Waals surface area contributed by atoms with Crippen molar-refractivity contribution in [2.45, 2.75) is 72.4 Å². The molecule has 0 bridgehead atoms. The molecule has 1 amide bonds. The van der Waals surface area contributed by atoms with Gasteiger partial charge in [0.05, 0.1) is 0 Å². The van der Waals surface area contributed by atoms with Crippen molar-refractivity contribution in [1.29, 1.82) is 0 Å². The fourth-order valence-corrected chi connectivity index (χ4v) is 2.18. The maximum absolute atomic E-state index is 12.1. The molecule has 118 valence electrons. The van der Waals surface area contributed by atoms with E-state index in [1.165, 1.54) is 12.8 Å². The average molecular weight is 284 g/mol. The van der Waals surface area contributed by atoms with Crippen molar-refractivity contribution in [1.82, 2.24) is 10.2 Å². The van der Waals surface area contributed by atoms with Crippen LogP contribution in [-0.4, -0.2) is 42.3 Å². The first kappa shape index (κ1) is 17.3. The molecule has 1 unspecified atom stereocenters. The molecule has 0 radical (unpaired) electrons. The highest BCUT2D eigenvalue weighted by Crippen LogP contribution is 2.47. The maximum Gasteiger partial charge on any atom is 0.410 e. The van der Waals surface area contributed by atoms with E-state index in [0.717, 1.165) is 19.5 Å². The van der Waals surface area contributed by atoms with Gasteiger partial charge in [0, 0.05) is 25.7 Å². The van der Waals surface area contributed by atoms with E-state index in [9.17, 15) is 4.79 Å². The first-order valence-electron chi connectivity index (χ1n) is 7.89. The molecule has 20 heavy (non-hydrogen) atoms. The van der Waals surface area contributed by atoms with E-state index in [-0.39, 0.29) is 6.09 Å². The minimum Gasteiger partial charge on any atom is -0.444 e. The van der Waals surface area contributed by atoms with Crippen LogP contribution in [0.15, 0.2) is 0 Å². The summed E-state index contributed by atoms with van der Waals surface area (Å²) >= 11 is 0. The summed E-state index contributed by atoms with van der Waals surface area (Å²) in [6.45, 7) is 14.7. The molecule has 0 aromatic rings. The topological polar surface area (TPSA) is 41.6 Å². The summed E-state index contributed by atoms with van der Waals surface area (Å²) < 4.78 is 5.45. The van der Waals surface area contributed by atoms with Gasteiger partial charge in [-0.25, -0.2) is 4.79 Å². The Labute approximate surface area is 124 Å². The van der Waals surface area contributed by atoms with Crippen molar-refractivity contribution in [3.05, 3.63) is 0 Å². The van der Waals surface area contributed by atoms with Crippen molar-refractivity contribution in [3.63, 3.8) is 0 Å². The van der Waals surface area contributed by atoms with E-state index in [1.54, 1.807) is 4.90 Å². The molecule has 1 saturated carbocycles. The number of hydrogen-bond donors (Lipinski definition) is 1. The first-order chi connectivity index (χ1) is 9.18. The van der Waals surface area contributed by atoms with Crippen LogP contribution in [0.25, 0.3) is 0 Å². The highest BCUT2D eigenvalue weighted by Gasteiger charge is 2.42. The number of nitrogens with zero attached hydrogens (tertiary/aromatic N) is 1. The number of hydrogen-bond acceptors (Lipinski definition) is 3. The average Bonchev–Trinajstić information content (AvgIpc) is 3.05. The number of carbonyl (C=O) groups excluding carboxylic acids is 1. The van der Waals surface area contributed by atoms with Crippen LogP contribution in [0.2, 0.25) is 0 Å². The fraction of sp³-hybridized carbons (Fsp3) is 0.938. The molecule has 4 nitrogen and oxygen atoms in total. The molecule has 0 spiro atoms. The Balaban J connectivity index is 2.36. The molecular weight excluding hydrogens is 252 g/mol. The Morgan fingerprint density at radius 1 is 1.35 bits per heavy atom. The van der Waals surface area contributed by atoms with Crippen LogP contribution in [0, 0.1) is 5.41 Å². The second-order valence-electron chi connectivity index (χ2n) is 7.30. The summed E-state index contributed by atoms with van der Waals surface area (Å²) in [5.41, 5.74) is 0.0484. The zero-order valence-corrected chi connectivity index (χ0v) is 14.1. The summed E-state index contributed by atoms with van der Waals surface area (Å²) in [7, 11) is 0. The SMILES string of the molecule is CCCN(CCNC(C)C1(C)CC1)C(=O)OC(C)(C)C. The number of amides is 1. The monoisotopic (exact) mass is 284 g/mol. The predicted octanol–water partition coefficient (Wildman–Crippen LogP) is 3.41. The molecule has 0 saturated heterocycles. The lowest BCUT2D eigenvalue weighted by Crippen LogP contribution is -2.43. The molecule has 1 aliphatic rings. The minimum absolute atomic E-state index is 0.202. The standard InChI is InChI=1S/C16H32N2O2/c1-7-11-18(14(19)20-15(3,4)5)12-10-17-13(2)16(6)8-9-16/h13,17H,7-12H2,1-6H3. The second kappa shape index (κ2) is 6.79. The van der Waals surface area contributed by atoms with Gasteiger partial charge in [-0.3, -0.25) is 0 Å². The molecule has 1 rings (SSSR count). The molecule has 0 aliphatic heterocycles. The van der Waals surface area contributed by atoms with E-state index in [1.807, 2.05) is 20.8 Å². The first-order valence-corrected chi connectivity index (χ1v) is 7.89. The van der Waals surface area contributed by atoms with Gasteiger partial charge in [0.25, 0.3) is 0 Å². The van der Waals surface area contributed by atoms with Crippen LogP contribution in [0.4, 0.5) is 4.79 Å². The highest BCUT2D eigenvalue weighted by atomic mass is 16.6. The molecule has 1 N–H and O–H groups in total. The summed E-state index contributed by atoms with van der Waals surface area (Å²) in [6, 6.07) is 0.518. The van der Waals surface area contributed by atoms with Crippen LogP contribution < -0.4 is 5.32 Å². The van der Waals surface area contributed by atoms with Crippen LogP contribution >= 0.6 is 0 Å². The lowest BCUT2D eigenvalue weighted by Gasteiger charge is -2.28. The second-order valence-corrected chi connectivity index (χ2v) is 7.30. The lowest BCUT2D eigenvalue weighted by atomic mass is 10.0. The molecule has 0 aromatic heterocycles. The number of rotatable bonds is 7. The van der Waals surface area contributed by atoms with Crippen LogP contribution in [-0.2, 0) is 4.74 Å². The number of nitrogens with one attached hydrogen (secondary N) is 1. The summed E-state index contributed by atoms with van der Waals surface area (Å²) in [5, 5.41) is 3.54. The molecule has 1 fully saturated rings. The molecule has 0 heterocycles. The smallest absolute Gasteiger partial charge is 0.410 e. The van der Waals surface area contributed by atoms with E-state index in [4.69, 9.17) is 4.74 Å². The zero-order valence-electron chi connectivity index (χ0n) is 14.1. The normalized spacial score (nSPS) is 18.5. The molecular formula is C16H32N2O2. The Kier molecular flexibility index (Phi) is 5.87. The Morgan fingerprint density at radius 3 is 2.40 bits per heavy atom. The van der Waals surface area contributed by atoms with Crippen LogP contribution in [0.1, 0.15) is 60.8 Å². The van der Waals surface area contributed by atoms with Crippen molar-refractivity contribution >= 4 is 6.09 Å². The van der Waals surface area contributed by atoms with Crippen molar-refractivity contribution in [2.24, 2.45) is 5.41 Å². The van der Waals surface area contributed by atoms with Crippen molar-refractivity contribution in [2.75, 3.05) is 19.6 Å². The van der Waals surface area contributed by atoms with Gasteiger partial charge in [0.2, 0.25) is 0 Å². The lowest BCUT2D eigenvalue weighted by molar-refractivity contribution is 0.0250. The van der Waals surface area contributed by atoms with Gasteiger partial charge >= 0.3 is 6.09 Å². The van der Waals surface area contributed by atoms with E-state index < -0.39 is 5.60 Å². The summed E-state index contributed by atoms with van der Waals surface area (Å²) in [6.07, 6.45) is 3.37. The van der Waals surface area contributed by atoms with Gasteiger partial charge in [0.15, 0.2) is 0 Å². The Morgan fingerprint density at radius 2 is 1.95 bits per heavy atom. The largest absolute Gasteiger partial charge is 0.444 e. The predicted molar refractivity (Wildman–Crippen MR) is 82.9 cm³/mol. The van der Waals surface area contributed by atoms with Gasteiger partial charge in [-0.2, -0.15) is 0 Å². The Hall–Kier alpha value is -0.770. The Bertz CT molecular complexity index is 319. The number of ether oxygens (including phenoxy) is 1. The molecule has 0 aromatic carbocycles. The number of carbonyl (C=O) groups is 1. The molecule has 4 heteroatoms. The van der Waals surface area contributed by atoms with Gasteiger partial charge in [-0.15, -0.1) is 0 Å². The van der Waals surface area contributed by atoms with E-state index >= 15 is 0 Å². The molecule has 1 atom stereocenters. The third-order valence-electron chi connectivity index (χ3n) is 4.06. The van der Waals surface area contributed by atoms with Crippen molar-refractivity contribution < 1.29 is 9.53 Å². The van der Waals surface area contributed by atoms with Crippen molar-refractivity contribution in [3.8, 4) is 0 Å². The quantitative estimate of drug-likeness (QED) is 0.779. The fourth-order valence-electron chi connectivity index (χ4n) is 2.18. The van der Waals surface area contributed by atoms with Crippen LogP contribution in [0.5, 0.6) is 0 Å². The zero-order chi connectivity index (χ0) is 15.4. The summed E-state index contributed by atoms with van der Waals surface area (Å²) in [4.78, 5) is 13.9.